The molecule has 0 aliphatic heterocycles. The number of ether oxygens (including phenoxy) is 1. The van der Waals surface area contributed by atoms with Gasteiger partial charge in [0.25, 0.3) is 0 Å². The van der Waals surface area contributed by atoms with Crippen LogP contribution in [-0.2, 0) is 15.9 Å². The molecule has 0 bridgehead atoms. The van der Waals surface area contributed by atoms with Gasteiger partial charge in [-0.3, -0.25) is 0 Å². The van der Waals surface area contributed by atoms with Crippen molar-refractivity contribution < 1.29 is 9.53 Å². The van der Waals surface area contributed by atoms with E-state index in [-0.39, 0.29) is 12.0 Å². The van der Waals surface area contributed by atoms with Crippen molar-refractivity contribution in [3.8, 4) is 0 Å². The maximum absolute atomic E-state index is 11.2. The van der Waals surface area contributed by atoms with Crippen LogP contribution in [0.1, 0.15) is 20.8 Å². The van der Waals surface area contributed by atoms with Gasteiger partial charge < -0.3 is 9.53 Å². The third-order valence-electron chi connectivity index (χ3n) is 4.47. The van der Waals surface area contributed by atoms with E-state index in [9.17, 15) is 4.79 Å². The van der Waals surface area contributed by atoms with E-state index in [1.54, 1.807) is 0 Å². The molecular formula is C20H23O2P. The number of carbonyl (C=O) groups excluding carboxylic acids is 1. The summed E-state index contributed by atoms with van der Waals surface area (Å²) in [5.74, 6) is 0.261. The molecule has 0 N–H and O–H groups in total. The van der Waals surface area contributed by atoms with E-state index < -0.39 is 7.53 Å². The Hall–Kier alpha value is -1.63. The maximum Gasteiger partial charge on any atom is 0.125 e. The van der Waals surface area contributed by atoms with Gasteiger partial charge >= 0.3 is 0 Å². The molecule has 23 heavy (non-hydrogen) atoms. The molecule has 2 nitrogen and oxygen atoms in total. The number of rotatable bonds is 6. The predicted octanol–water partition coefficient (Wildman–Crippen LogP) is 5.81. The molecule has 1 heterocycles. The SMILES string of the molecule is CC(C)[C@@H](OCp1c2ccccc2c2ccccc21)[C@H](C)C=O. The van der Waals surface area contributed by atoms with Crippen molar-refractivity contribution in [3.05, 3.63) is 48.5 Å². The summed E-state index contributed by atoms with van der Waals surface area (Å²) in [6.45, 7) is 6.18. The molecule has 3 heteroatoms. The van der Waals surface area contributed by atoms with Crippen LogP contribution in [0, 0.1) is 11.8 Å². The molecule has 1 aromatic heterocycles. The predicted molar refractivity (Wildman–Crippen MR) is 99.1 cm³/mol. The molecule has 0 fully saturated rings. The average Bonchev–Trinajstić information content (AvgIpc) is 2.89. The average molecular weight is 326 g/mol. The first-order valence-corrected chi connectivity index (χ1v) is 9.69. The van der Waals surface area contributed by atoms with E-state index in [0.717, 1.165) is 6.29 Å². The molecule has 0 saturated heterocycles. The van der Waals surface area contributed by atoms with Crippen molar-refractivity contribution in [3.63, 3.8) is 0 Å². The van der Waals surface area contributed by atoms with Gasteiger partial charge in [-0.15, -0.1) is 0 Å². The fourth-order valence-corrected chi connectivity index (χ4v) is 5.69. The van der Waals surface area contributed by atoms with E-state index in [4.69, 9.17) is 4.74 Å². The monoisotopic (exact) mass is 326 g/mol. The summed E-state index contributed by atoms with van der Waals surface area (Å²) < 4.78 is 6.25. The molecule has 0 spiro atoms. The van der Waals surface area contributed by atoms with E-state index >= 15 is 0 Å². The Labute approximate surface area is 138 Å². The zero-order valence-electron chi connectivity index (χ0n) is 13.9. The molecule has 0 amide bonds. The lowest BCUT2D eigenvalue weighted by atomic mass is 9.96. The summed E-state index contributed by atoms with van der Waals surface area (Å²) >= 11 is 0. The number of carbonyl (C=O) groups is 1. The summed E-state index contributed by atoms with van der Waals surface area (Å²) in [5, 5.41) is 5.46. The normalized spacial score (nSPS) is 14.4. The lowest BCUT2D eigenvalue weighted by Crippen LogP contribution is -2.27. The van der Waals surface area contributed by atoms with Crippen molar-refractivity contribution in [2.45, 2.75) is 33.2 Å². The number of benzene rings is 2. The number of aldehydes is 1. The Morgan fingerprint density at radius 1 is 0.957 bits per heavy atom. The van der Waals surface area contributed by atoms with Crippen LogP contribution >= 0.6 is 7.53 Å². The molecule has 0 saturated carbocycles. The van der Waals surface area contributed by atoms with Crippen molar-refractivity contribution in [1.29, 1.82) is 0 Å². The highest BCUT2D eigenvalue weighted by Crippen LogP contribution is 2.50. The maximum atomic E-state index is 11.2. The lowest BCUT2D eigenvalue weighted by Gasteiger charge is -2.24. The molecule has 0 unspecified atom stereocenters. The summed E-state index contributed by atoms with van der Waals surface area (Å²) in [7, 11) is -0.502. The van der Waals surface area contributed by atoms with Crippen LogP contribution < -0.4 is 0 Å². The molecule has 2 atom stereocenters. The molecule has 2 aromatic carbocycles. The van der Waals surface area contributed by atoms with Gasteiger partial charge in [0.1, 0.15) is 6.29 Å². The molecule has 0 radical (unpaired) electrons. The van der Waals surface area contributed by atoms with Crippen LogP contribution in [0.5, 0.6) is 0 Å². The third kappa shape index (κ3) is 3.06. The number of hydrogen-bond acceptors (Lipinski definition) is 2. The number of hydrogen-bond donors (Lipinski definition) is 0. The second-order valence-electron chi connectivity index (χ2n) is 6.46. The van der Waals surface area contributed by atoms with Crippen molar-refractivity contribution in [2.24, 2.45) is 11.8 Å². The van der Waals surface area contributed by atoms with Crippen LogP contribution in [0.4, 0.5) is 0 Å². The first-order valence-electron chi connectivity index (χ1n) is 8.16. The van der Waals surface area contributed by atoms with Crippen LogP contribution in [-0.4, -0.2) is 12.4 Å². The Bertz CT molecular complexity index is 765. The van der Waals surface area contributed by atoms with Gasteiger partial charge in [-0.25, -0.2) is 0 Å². The van der Waals surface area contributed by atoms with E-state index in [1.807, 2.05) is 6.92 Å². The smallest absolute Gasteiger partial charge is 0.125 e. The minimum atomic E-state index is -0.502. The Morgan fingerprint density at radius 3 is 1.96 bits per heavy atom. The largest absolute Gasteiger partial charge is 0.369 e. The zero-order chi connectivity index (χ0) is 16.4. The highest BCUT2D eigenvalue weighted by Gasteiger charge is 2.22. The fraction of sp³-hybridized carbons (Fsp3) is 0.350. The van der Waals surface area contributed by atoms with Gasteiger partial charge in [-0.05, 0) is 16.7 Å². The molecule has 0 aliphatic carbocycles. The molecule has 120 valence electrons. The molecule has 3 aromatic rings. The van der Waals surface area contributed by atoms with Gasteiger partial charge in [0.2, 0.25) is 0 Å². The third-order valence-corrected chi connectivity index (χ3v) is 6.82. The van der Waals surface area contributed by atoms with Gasteiger partial charge in [-0.2, -0.15) is 0 Å². The second kappa shape index (κ2) is 6.86. The summed E-state index contributed by atoms with van der Waals surface area (Å²) in [6.07, 6.45) is 1.67. The highest BCUT2D eigenvalue weighted by atomic mass is 31.1. The van der Waals surface area contributed by atoms with Gasteiger partial charge in [0, 0.05) is 16.2 Å². The van der Waals surface area contributed by atoms with Gasteiger partial charge in [0.15, 0.2) is 0 Å². The molecular weight excluding hydrogens is 303 g/mol. The first-order chi connectivity index (χ1) is 11.1. The van der Waals surface area contributed by atoms with Crippen molar-refractivity contribution >= 4 is 34.8 Å². The summed E-state index contributed by atoms with van der Waals surface area (Å²) in [6, 6.07) is 17.2. The lowest BCUT2D eigenvalue weighted by molar-refractivity contribution is -0.116. The molecule has 0 aliphatic rings. The van der Waals surface area contributed by atoms with Crippen LogP contribution in [0.2, 0.25) is 0 Å². The minimum absolute atomic E-state index is 0.0186. The van der Waals surface area contributed by atoms with Crippen LogP contribution in [0.25, 0.3) is 21.0 Å². The van der Waals surface area contributed by atoms with E-state index in [2.05, 4.69) is 62.4 Å². The fourth-order valence-electron chi connectivity index (χ4n) is 3.33. The highest BCUT2D eigenvalue weighted by molar-refractivity contribution is 7.60. The van der Waals surface area contributed by atoms with E-state index in [1.165, 1.54) is 21.0 Å². The second-order valence-corrected chi connectivity index (χ2v) is 8.54. The van der Waals surface area contributed by atoms with Gasteiger partial charge in [0.05, 0.1) is 12.5 Å². The topological polar surface area (TPSA) is 26.3 Å². The quantitative estimate of drug-likeness (QED) is 0.534. The first kappa shape index (κ1) is 16.2. The minimum Gasteiger partial charge on any atom is -0.369 e. The number of fused-ring (bicyclic) bond motifs is 3. The Morgan fingerprint density at radius 2 is 1.48 bits per heavy atom. The summed E-state index contributed by atoms with van der Waals surface area (Å²) in [5.41, 5.74) is 0. The Kier molecular flexibility index (Phi) is 4.84. The summed E-state index contributed by atoms with van der Waals surface area (Å²) in [4.78, 5) is 11.2. The van der Waals surface area contributed by atoms with Gasteiger partial charge in [-0.1, -0.05) is 76.8 Å². The van der Waals surface area contributed by atoms with Crippen molar-refractivity contribution in [1.82, 2.24) is 0 Å². The zero-order valence-corrected chi connectivity index (χ0v) is 14.8. The molecule has 3 rings (SSSR count). The Balaban J connectivity index is 2.00. The standard InChI is InChI=1S/C20H23O2P/c1-14(2)20(15(3)12-21)22-13-23-18-10-6-4-8-16(18)17-9-5-7-11-19(17)23/h4-12,14-15,20H,13H2,1-3H3/t15-,20-/m1/s1. The van der Waals surface area contributed by atoms with E-state index in [0.29, 0.717) is 12.3 Å². The van der Waals surface area contributed by atoms with Crippen LogP contribution in [0.15, 0.2) is 48.5 Å². The van der Waals surface area contributed by atoms with Crippen molar-refractivity contribution in [2.75, 3.05) is 0 Å². The van der Waals surface area contributed by atoms with Crippen LogP contribution in [0.3, 0.4) is 0 Å².